The molecule has 146 valence electrons. The van der Waals surface area contributed by atoms with Crippen molar-refractivity contribution in [1.29, 1.82) is 0 Å². The van der Waals surface area contributed by atoms with Crippen molar-refractivity contribution < 1.29 is 22.7 Å². The number of ether oxygens (including phenoxy) is 2. The van der Waals surface area contributed by atoms with E-state index in [1.54, 1.807) is 24.3 Å². The highest BCUT2D eigenvalue weighted by atomic mass is 32.2. The normalized spacial score (nSPS) is 15.5. The van der Waals surface area contributed by atoms with E-state index < -0.39 is 10.0 Å². The molecule has 0 aromatic heterocycles. The van der Waals surface area contributed by atoms with Gasteiger partial charge in [0.1, 0.15) is 12.3 Å². The Bertz CT molecular complexity index is 689. The van der Waals surface area contributed by atoms with Crippen LogP contribution in [-0.2, 0) is 19.6 Å². The molecule has 1 fully saturated rings. The van der Waals surface area contributed by atoms with Crippen LogP contribution in [-0.4, -0.2) is 78.0 Å². The summed E-state index contributed by atoms with van der Waals surface area (Å²) in [7, 11) is -3.63. The fourth-order valence-electron chi connectivity index (χ4n) is 2.69. The van der Waals surface area contributed by atoms with E-state index in [0.29, 0.717) is 44.3 Å². The van der Waals surface area contributed by atoms with Crippen LogP contribution in [0, 0.1) is 0 Å². The number of carbonyl (C=O) groups excluding carboxylic acids is 1. The lowest BCUT2D eigenvalue weighted by molar-refractivity contribution is -0.119. The van der Waals surface area contributed by atoms with Crippen LogP contribution >= 0.6 is 0 Å². The van der Waals surface area contributed by atoms with Crippen molar-refractivity contribution in [3.8, 4) is 5.75 Å². The molecule has 1 N–H and O–H groups in total. The van der Waals surface area contributed by atoms with Gasteiger partial charge in [-0.1, -0.05) is 12.1 Å². The smallest absolute Gasteiger partial charge is 0.240 e. The molecule has 1 amide bonds. The van der Waals surface area contributed by atoms with E-state index in [0.717, 1.165) is 23.7 Å². The zero-order valence-corrected chi connectivity index (χ0v) is 16.1. The molecular formula is C17H27N3O5S. The number of anilines is 1. The Morgan fingerprint density at radius 2 is 2.00 bits per heavy atom. The monoisotopic (exact) mass is 385 g/mol. The maximum atomic E-state index is 12.3. The van der Waals surface area contributed by atoms with Gasteiger partial charge in [0.15, 0.2) is 0 Å². The number of benzene rings is 1. The molecule has 0 atom stereocenters. The van der Waals surface area contributed by atoms with Gasteiger partial charge in [0.05, 0.1) is 31.8 Å². The van der Waals surface area contributed by atoms with Gasteiger partial charge in [-0.05, 0) is 19.1 Å². The molecule has 2 rings (SSSR count). The van der Waals surface area contributed by atoms with Gasteiger partial charge in [0.2, 0.25) is 15.9 Å². The molecule has 1 aromatic rings. The van der Waals surface area contributed by atoms with Crippen LogP contribution in [0.15, 0.2) is 24.3 Å². The van der Waals surface area contributed by atoms with Crippen LogP contribution in [0.5, 0.6) is 5.75 Å². The lowest BCUT2D eigenvalue weighted by atomic mass is 10.3. The minimum absolute atomic E-state index is 0.286. The predicted octanol–water partition coefficient (Wildman–Crippen LogP) is 0.300. The number of hydrogen-bond donors (Lipinski definition) is 1. The maximum Gasteiger partial charge on any atom is 0.240 e. The van der Waals surface area contributed by atoms with E-state index in [9.17, 15) is 13.2 Å². The third-order valence-corrected chi connectivity index (χ3v) is 5.10. The van der Waals surface area contributed by atoms with Gasteiger partial charge in [-0.15, -0.1) is 0 Å². The van der Waals surface area contributed by atoms with Gasteiger partial charge in [0.25, 0.3) is 0 Å². The molecule has 8 nitrogen and oxygen atoms in total. The Morgan fingerprint density at radius 1 is 1.31 bits per heavy atom. The number of para-hydroxylation sites is 2. The van der Waals surface area contributed by atoms with Gasteiger partial charge < -0.3 is 14.8 Å². The Labute approximate surface area is 155 Å². The molecule has 0 spiro atoms. The van der Waals surface area contributed by atoms with Crippen LogP contribution in [0.25, 0.3) is 0 Å². The minimum atomic E-state index is -3.63. The van der Waals surface area contributed by atoms with E-state index in [1.807, 2.05) is 6.92 Å². The van der Waals surface area contributed by atoms with E-state index in [1.165, 1.54) is 0 Å². The number of carbonyl (C=O) groups is 1. The molecule has 9 heteroatoms. The Balaban J connectivity index is 1.98. The average Bonchev–Trinajstić information content (AvgIpc) is 2.61. The van der Waals surface area contributed by atoms with Gasteiger partial charge in [0, 0.05) is 26.2 Å². The molecule has 1 aromatic carbocycles. The summed E-state index contributed by atoms with van der Waals surface area (Å²) in [4.78, 5) is 14.5. The molecule has 1 aliphatic rings. The maximum absolute atomic E-state index is 12.3. The van der Waals surface area contributed by atoms with Crippen LogP contribution in [0.2, 0.25) is 0 Å². The quantitative estimate of drug-likeness (QED) is 0.658. The van der Waals surface area contributed by atoms with Crippen LogP contribution in [0.1, 0.15) is 6.92 Å². The topological polar surface area (TPSA) is 88.2 Å². The van der Waals surface area contributed by atoms with E-state index in [4.69, 9.17) is 9.47 Å². The van der Waals surface area contributed by atoms with Crippen molar-refractivity contribution in [3.05, 3.63) is 24.3 Å². The van der Waals surface area contributed by atoms with Gasteiger partial charge >= 0.3 is 0 Å². The number of nitrogens with zero attached hydrogens (tertiary/aromatic N) is 2. The number of rotatable bonds is 9. The Kier molecular flexibility index (Phi) is 7.67. The molecule has 0 unspecified atom stereocenters. The summed E-state index contributed by atoms with van der Waals surface area (Å²) < 4.78 is 36.3. The number of amides is 1. The van der Waals surface area contributed by atoms with E-state index in [-0.39, 0.29) is 12.5 Å². The van der Waals surface area contributed by atoms with Crippen molar-refractivity contribution in [2.75, 3.05) is 63.1 Å². The van der Waals surface area contributed by atoms with Gasteiger partial charge in [-0.25, -0.2) is 8.42 Å². The highest BCUT2D eigenvalue weighted by molar-refractivity contribution is 7.92. The van der Waals surface area contributed by atoms with Crippen LogP contribution < -0.4 is 14.4 Å². The molecule has 1 aliphatic heterocycles. The largest absolute Gasteiger partial charge is 0.492 e. The number of morpholine rings is 1. The number of nitrogens with one attached hydrogen (secondary N) is 1. The van der Waals surface area contributed by atoms with Crippen molar-refractivity contribution in [2.45, 2.75) is 6.92 Å². The first-order valence-corrected chi connectivity index (χ1v) is 10.5. The Hall–Kier alpha value is -1.84. The minimum Gasteiger partial charge on any atom is -0.492 e. The van der Waals surface area contributed by atoms with Gasteiger partial charge in [-0.2, -0.15) is 0 Å². The first kappa shape index (κ1) is 20.5. The second-order valence-corrected chi connectivity index (χ2v) is 7.88. The summed E-state index contributed by atoms with van der Waals surface area (Å²) in [6.07, 6.45) is 1.08. The average molecular weight is 385 g/mol. The van der Waals surface area contributed by atoms with Crippen molar-refractivity contribution in [3.63, 3.8) is 0 Å². The molecule has 0 aliphatic carbocycles. The summed E-state index contributed by atoms with van der Waals surface area (Å²) in [5.74, 6) is 0.0801. The summed E-state index contributed by atoms with van der Waals surface area (Å²) in [5, 5.41) is 2.79. The van der Waals surface area contributed by atoms with Gasteiger partial charge in [-0.3, -0.25) is 14.0 Å². The Morgan fingerprint density at radius 3 is 2.65 bits per heavy atom. The van der Waals surface area contributed by atoms with Crippen molar-refractivity contribution >= 4 is 21.6 Å². The molecule has 26 heavy (non-hydrogen) atoms. The third-order valence-electron chi connectivity index (χ3n) is 3.98. The molecule has 0 bridgehead atoms. The summed E-state index contributed by atoms with van der Waals surface area (Å²) in [6, 6.07) is 6.80. The fourth-order valence-corrected chi connectivity index (χ4v) is 3.55. The third kappa shape index (κ3) is 6.15. The standard InChI is InChI=1S/C17H27N3O5S/c1-3-25-16-7-5-4-6-15(16)20(26(2,22)23)14-17(21)18-8-9-19-10-12-24-13-11-19/h4-7H,3,8-14H2,1-2H3,(H,18,21). The highest BCUT2D eigenvalue weighted by Crippen LogP contribution is 2.29. The van der Waals surface area contributed by atoms with E-state index in [2.05, 4.69) is 10.2 Å². The molecule has 1 saturated heterocycles. The summed E-state index contributed by atoms with van der Waals surface area (Å²) in [5.41, 5.74) is 0.361. The fraction of sp³-hybridized carbons (Fsp3) is 0.588. The lowest BCUT2D eigenvalue weighted by Crippen LogP contribution is -2.44. The second-order valence-electron chi connectivity index (χ2n) is 5.97. The molecule has 1 heterocycles. The SMILES string of the molecule is CCOc1ccccc1N(CC(=O)NCCN1CCOCC1)S(C)(=O)=O. The van der Waals surface area contributed by atoms with Crippen molar-refractivity contribution in [2.24, 2.45) is 0 Å². The van der Waals surface area contributed by atoms with Crippen LogP contribution in [0.3, 0.4) is 0 Å². The number of hydrogen-bond acceptors (Lipinski definition) is 6. The second kappa shape index (κ2) is 9.75. The predicted molar refractivity (Wildman–Crippen MR) is 100 cm³/mol. The summed E-state index contributed by atoms with van der Waals surface area (Å²) >= 11 is 0. The van der Waals surface area contributed by atoms with Crippen LogP contribution in [0.4, 0.5) is 5.69 Å². The first-order valence-electron chi connectivity index (χ1n) is 8.68. The molecule has 0 radical (unpaired) electrons. The summed E-state index contributed by atoms with van der Waals surface area (Å²) in [6.45, 7) is 6.19. The molecule has 0 saturated carbocycles. The lowest BCUT2D eigenvalue weighted by Gasteiger charge is -2.27. The highest BCUT2D eigenvalue weighted by Gasteiger charge is 2.23. The molecular weight excluding hydrogens is 358 g/mol. The number of sulfonamides is 1. The van der Waals surface area contributed by atoms with E-state index >= 15 is 0 Å². The first-order chi connectivity index (χ1) is 12.4. The zero-order chi connectivity index (χ0) is 19.0. The zero-order valence-electron chi connectivity index (χ0n) is 15.3. The van der Waals surface area contributed by atoms with Crippen molar-refractivity contribution in [1.82, 2.24) is 10.2 Å².